The molecule has 0 aliphatic heterocycles. The molecule has 0 spiro atoms. The van der Waals surface area contributed by atoms with Gasteiger partial charge in [0.05, 0.1) is 0 Å². The van der Waals surface area contributed by atoms with Crippen LogP contribution >= 0.6 is 0 Å². The summed E-state index contributed by atoms with van der Waals surface area (Å²) in [6.45, 7) is 8.09. The highest BCUT2D eigenvalue weighted by Gasteiger charge is 2.17. The number of aryl methyl sites for hydroxylation is 1. The second kappa shape index (κ2) is 6.13. The summed E-state index contributed by atoms with van der Waals surface area (Å²) >= 11 is 0. The number of rotatable bonds is 3. The first-order valence-electron chi connectivity index (χ1n) is 7.32. The third-order valence-corrected chi connectivity index (χ3v) is 3.39. The molecule has 0 unspecified atom stereocenters. The predicted molar refractivity (Wildman–Crippen MR) is 87.6 cm³/mol. The smallest absolute Gasteiger partial charge is 0.251 e. The molecule has 0 fully saturated rings. The van der Waals surface area contributed by atoms with Crippen molar-refractivity contribution in [1.29, 1.82) is 0 Å². The van der Waals surface area contributed by atoms with Crippen LogP contribution in [0.3, 0.4) is 0 Å². The fourth-order valence-corrected chi connectivity index (χ4v) is 2.32. The van der Waals surface area contributed by atoms with Crippen molar-refractivity contribution in [2.24, 2.45) is 0 Å². The third kappa shape index (κ3) is 4.19. The Kier molecular flexibility index (Phi) is 4.46. The van der Waals surface area contributed by atoms with Crippen molar-refractivity contribution in [3.8, 4) is 0 Å². The van der Waals surface area contributed by atoms with Gasteiger partial charge in [-0.2, -0.15) is 0 Å². The number of carbonyl (C=O) groups excluding carboxylic acids is 1. The monoisotopic (exact) mass is 281 g/mol. The van der Waals surface area contributed by atoms with Gasteiger partial charge in [0, 0.05) is 11.1 Å². The van der Waals surface area contributed by atoms with Gasteiger partial charge in [-0.05, 0) is 56.9 Å². The van der Waals surface area contributed by atoms with Gasteiger partial charge in [-0.1, -0.05) is 42.5 Å². The molecule has 21 heavy (non-hydrogen) atoms. The average molecular weight is 281 g/mol. The predicted octanol–water partition coefficient (Wildman–Crippen LogP) is 4.11. The SMILES string of the molecule is Cc1ccccc1Cc1ccccc1C(=O)NC(C)(C)C. The number of carbonyl (C=O) groups is 1. The molecular formula is C19H23NO. The Morgan fingerprint density at radius 3 is 2.14 bits per heavy atom. The zero-order valence-electron chi connectivity index (χ0n) is 13.2. The second-order valence-electron chi connectivity index (χ2n) is 6.46. The van der Waals surface area contributed by atoms with Crippen molar-refractivity contribution in [1.82, 2.24) is 5.32 Å². The van der Waals surface area contributed by atoms with E-state index in [9.17, 15) is 4.79 Å². The van der Waals surface area contributed by atoms with E-state index in [1.807, 2.05) is 57.2 Å². The minimum Gasteiger partial charge on any atom is -0.347 e. The van der Waals surface area contributed by atoms with Crippen LogP contribution in [0.5, 0.6) is 0 Å². The summed E-state index contributed by atoms with van der Waals surface area (Å²) in [7, 11) is 0. The molecule has 0 bridgehead atoms. The molecule has 0 radical (unpaired) electrons. The van der Waals surface area contributed by atoms with Crippen LogP contribution in [0.25, 0.3) is 0 Å². The van der Waals surface area contributed by atoms with Gasteiger partial charge in [-0.15, -0.1) is 0 Å². The summed E-state index contributed by atoms with van der Waals surface area (Å²) in [4.78, 5) is 12.4. The van der Waals surface area contributed by atoms with Gasteiger partial charge in [-0.25, -0.2) is 0 Å². The molecule has 0 aromatic heterocycles. The Bertz CT molecular complexity index is 638. The first-order valence-corrected chi connectivity index (χ1v) is 7.32. The number of amides is 1. The lowest BCUT2D eigenvalue weighted by Crippen LogP contribution is -2.40. The topological polar surface area (TPSA) is 29.1 Å². The molecule has 1 amide bonds. The van der Waals surface area contributed by atoms with Gasteiger partial charge in [0.1, 0.15) is 0 Å². The minimum absolute atomic E-state index is 0.00770. The molecule has 0 saturated carbocycles. The van der Waals surface area contributed by atoms with Gasteiger partial charge in [0.15, 0.2) is 0 Å². The molecule has 2 rings (SSSR count). The molecule has 0 heterocycles. The molecule has 2 nitrogen and oxygen atoms in total. The Morgan fingerprint density at radius 1 is 0.952 bits per heavy atom. The zero-order chi connectivity index (χ0) is 15.5. The van der Waals surface area contributed by atoms with E-state index in [4.69, 9.17) is 0 Å². The number of benzene rings is 2. The molecule has 1 N–H and O–H groups in total. The standard InChI is InChI=1S/C19H23NO/c1-14-9-5-6-10-15(14)13-16-11-7-8-12-17(16)18(21)20-19(2,3)4/h5-12H,13H2,1-4H3,(H,20,21). The van der Waals surface area contributed by atoms with Crippen molar-refractivity contribution in [3.05, 3.63) is 70.8 Å². The molecule has 2 heteroatoms. The van der Waals surface area contributed by atoms with E-state index in [0.29, 0.717) is 0 Å². The fraction of sp³-hybridized carbons (Fsp3) is 0.316. The highest BCUT2D eigenvalue weighted by Crippen LogP contribution is 2.18. The van der Waals surface area contributed by atoms with Crippen LogP contribution in [0.2, 0.25) is 0 Å². The van der Waals surface area contributed by atoms with E-state index >= 15 is 0 Å². The highest BCUT2D eigenvalue weighted by atomic mass is 16.1. The van der Waals surface area contributed by atoms with Gasteiger partial charge >= 0.3 is 0 Å². The van der Waals surface area contributed by atoms with E-state index in [-0.39, 0.29) is 11.4 Å². The van der Waals surface area contributed by atoms with E-state index in [0.717, 1.165) is 17.5 Å². The maximum Gasteiger partial charge on any atom is 0.251 e. The number of hydrogen-bond acceptors (Lipinski definition) is 1. The van der Waals surface area contributed by atoms with Crippen LogP contribution < -0.4 is 5.32 Å². The normalized spacial score (nSPS) is 11.2. The largest absolute Gasteiger partial charge is 0.347 e. The Hall–Kier alpha value is -2.09. The molecule has 0 aliphatic carbocycles. The van der Waals surface area contributed by atoms with Crippen LogP contribution in [-0.4, -0.2) is 11.4 Å². The molecule has 2 aromatic rings. The van der Waals surface area contributed by atoms with E-state index in [1.165, 1.54) is 11.1 Å². The molecule has 110 valence electrons. The first-order chi connectivity index (χ1) is 9.87. The van der Waals surface area contributed by atoms with Crippen LogP contribution in [-0.2, 0) is 6.42 Å². The molecule has 2 aromatic carbocycles. The lowest BCUT2D eigenvalue weighted by atomic mass is 9.96. The lowest BCUT2D eigenvalue weighted by Gasteiger charge is -2.21. The van der Waals surface area contributed by atoms with Gasteiger partial charge in [0.2, 0.25) is 0 Å². The maximum absolute atomic E-state index is 12.4. The molecular weight excluding hydrogens is 258 g/mol. The molecule has 0 atom stereocenters. The minimum atomic E-state index is -0.229. The Morgan fingerprint density at radius 2 is 1.52 bits per heavy atom. The van der Waals surface area contributed by atoms with Crippen molar-refractivity contribution in [2.45, 2.75) is 39.7 Å². The van der Waals surface area contributed by atoms with Crippen LogP contribution in [0, 0.1) is 6.92 Å². The van der Waals surface area contributed by atoms with Gasteiger partial charge in [-0.3, -0.25) is 4.79 Å². The molecule has 0 saturated heterocycles. The summed E-state index contributed by atoms with van der Waals surface area (Å²) in [5.74, 6) is -0.00770. The third-order valence-electron chi connectivity index (χ3n) is 3.39. The fourth-order valence-electron chi connectivity index (χ4n) is 2.32. The lowest BCUT2D eigenvalue weighted by molar-refractivity contribution is 0.0918. The first kappa shape index (κ1) is 15.3. The van der Waals surface area contributed by atoms with E-state index in [1.54, 1.807) is 0 Å². The number of hydrogen-bond donors (Lipinski definition) is 1. The average Bonchev–Trinajstić information content (AvgIpc) is 2.40. The van der Waals surface area contributed by atoms with Crippen molar-refractivity contribution in [2.75, 3.05) is 0 Å². The van der Waals surface area contributed by atoms with Crippen LogP contribution in [0.4, 0.5) is 0 Å². The van der Waals surface area contributed by atoms with Crippen LogP contribution in [0.15, 0.2) is 48.5 Å². The van der Waals surface area contributed by atoms with Gasteiger partial charge < -0.3 is 5.32 Å². The van der Waals surface area contributed by atoms with Crippen LogP contribution in [0.1, 0.15) is 47.8 Å². The van der Waals surface area contributed by atoms with Crippen molar-refractivity contribution >= 4 is 5.91 Å². The summed E-state index contributed by atoms with van der Waals surface area (Å²) in [6.07, 6.45) is 0.778. The Labute approximate surface area is 127 Å². The number of nitrogens with one attached hydrogen (secondary N) is 1. The summed E-state index contributed by atoms with van der Waals surface area (Å²) in [5, 5.41) is 3.04. The quantitative estimate of drug-likeness (QED) is 0.901. The van der Waals surface area contributed by atoms with Gasteiger partial charge in [0.25, 0.3) is 5.91 Å². The molecule has 0 aliphatic rings. The van der Waals surface area contributed by atoms with Crippen molar-refractivity contribution < 1.29 is 4.79 Å². The Balaban J connectivity index is 2.29. The second-order valence-corrected chi connectivity index (χ2v) is 6.46. The zero-order valence-corrected chi connectivity index (χ0v) is 13.2. The summed E-state index contributed by atoms with van der Waals surface area (Å²) < 4.78 is 0. The van der Waals surface area contributed by atoms with E-state index < -0.39 is 0 Å². The maximum atomic E-state index is 12.4. The summed E-state index contributed by atoms with van der Waals surface area (Å²) in [5.41, 5.74) is 4.11. The summed E-state index contributed by atoms with van der Waals surface area (Å²) in [6, 6.07) is 16.1. The van der Waals surface area contributed by atoms with E-state index in [2.05, 4.69) is 24.4 Å². The van der Waals surface area contributed by atoms with Crippen molar-refractivity contribution in [3.63, 3.8) is 0 Å². The highest BCUT2D eigenvalue weighted by molar-refractivity contribution is 5.96.